The average molecular weight is 239 g/mol. The van der Waals surface area contributed by atoms with Crippen LogP contribution in [0.5, 0.6) is 0 Å². The molecule has 0 radical (unpaired) electrons. The summed E-state index contributed by atoms with van der Waals surface area (Å²) in [6, 6.07) is -0.446. The number of nitrogens with one attached hydrogen (secondary N) is 2. The minimum atomic E-state index is -1.26. The topological polar surface area (TPSA) is 78.5 Å². The highest BCUT2D eigenvalue weighted by molar-refractivity contribution is 6.13. The summed E-state index contributed by atoms with van der Waals surface area (Å²) in [4.78, 5) is 37.6. The van der Waals surface area contributed by atoms with Crippen LogP contribution in [0.4, 0.5) is 0 Å². The average Bonchev–Trinajstić information content (AvgIpc) is 2.70. The van der Waals surface area contributed by atoms with E-state index in [1.807, 2.05) is 0 Å². The number of carbonyl (C=O) groups excluding carboxylic acids is 3. The molecule has 2 aliphatic rings. The molecule has 0 aromatic heterocycles. The number of rotatable bonds is 2. The van der Waals surface area contributed by atoms with E-state index in [9.17, 15) is 14.4 Å². The number of likely N-dealkylation sites (N-methyl/N-ethyl adjacent to an activating group) is 1. The highest BCUT2D eigenvalue weighted by Gasteiger charge is 2.55. The standard InChI is InChI=1S/C11H17N3O3/c1-7(15)11-4-3-5-14(11)9(16)8(12-2)6-13-10(11)17/h8,12H,3-6H2,1-2H3,(H,13,17). The van der Waals surface area contributed by atoms with Crippen molar-refractivity contribution in [3.63, 3.8) is 0 Å². The van der Waals surface area contributed by atoms with Crippen molar-refractivity contribution in [3.8, 4) is 0 Å². The molecule has 0 aromatic rings. The van der Waals surface area contributed by atoms with Gasteiger partial charge in [0.2, 0.25) is 5.91 Å². The fourth-order valence-electron chi connectivity index (χ4n) is 2.72. The molecule has 6 nitrogen and oxygen atoms in total. The van der Waals surface area contributed by atoms with Crippen LogP contribution in [0.1, 0.15) is 19.8 Å². The zero-order chi connectivity index (χ0) is 12.6. The van der Waals surface area contributed by atoms with Crippen molar-refractivity contribution < 1.29 is 14.4 Å². The molecular weight excluding hydrogens is 222 g/mol. The number of fused-ring (bicyclic) bond motifs is 1. The van der Waals surface area contributed by atoms with Crippen molar-refractivity contribution in [2.75, 3.05) is 20.1 Å². The van der Waals surface area contributed by atoms with E-state index < -0.39 is 11.6 Å². The maximum atomic E-state index is 12.2. The molecule has 2 amide bonds. The van der Waals surface area contributed by atoms with Crippen LogP contribution in [0.2, 0.25) is 0 Å². The van der Waals surface area contributed by atoms with Gasteiger partial charge in [-0.3, -0.25) is 14.4 Å². The molecule has 2 unspecified atom stereocenters. The Balaban J connectivity index is 2.44. The van der Waals surface area contributed by atoms with Crippen molar-refractivity contribution in [1.82, 2.24) is 15.5 Å². The van der Waals surface area contributed by atoms with Gasteiger partial charge in [-0.15, -0.1) is 0 Å². The van der Waals surface area contributed by atoms with Crippen LogP contribution in [0, 0.1) is 0 Å². The van der Waals surface area contributed by atoms with Crippen LogP contribution in [0.15, 0.2) is 0 Å². The van der Waals surface area contributed by atoms with E-state index in [2.05, 4.69) is 10.6 Å². The molecule has 0 spiro atoms. The second-order valence-corrected chi connectivity index (χ2v) is 4.56. The number of amides is 2. The van der Waals surface area contributed by atoms with Crippen LogP contribution in [-0.4, -0.2) is 54.2 Å². The van der Waals surface area contributed by atoms with Gasteiger partial charge in [0.1, 0.15) is 6.04 Å². The molecule has 2 N–H and O–H groups in total. The normalized spacial score (nSPS) is 33.1. The van der Waals surface area contributed by atoms with E-state index >= 15 is 0 Å². The third-order valence-electron chi connectivity index (χ3n) is 3.72. The number of hydrogen-bond donors (Lipinski definition) is 2. The summed E-state index contributed by atoms with van der Waals surface area (Å²) in [5, 5.41) is 5.55. The van der Waals surface area contributed by atoms with E-state index in [-0.39, 0.29) is 24.1 Å². The van der Waals surface area contributed by atoms with Crippen molar-refractivity contribution in [2.45, 2.75) is 31.3 Å². The van der Waals surface area contributed by atoms with Gasteiger partial charge in [-0.05, 0) is 26.8 Å². The van der Waals surface area contributed by atoms with Gasteiger partial charge in [0.05, 0.1) is 0 Å². The van der Waals surface area contributed by atoms with E-state index in [4.69, 9.17) is 0 Å². The fraction of sp³-hybridized carbons (Fsp3) is 0.727. The molecule has 0 bridgehead atoms. The van der Waals surface area contributed by atoms with Crippen molar-refractivity contribution in [1.29, 1.82) is 0 Å². The molecule has 2 heterocycles. The van der Waals surface area contributed by atoms with Gasteiger partial charge in [0.25, 0.3) is 5.91 Å². The van der Waals surface area contributed by atoms with Gasteiger partial charge in [0.15, 0.2) is 11.3 Å². The third kappa shape index (κ3) is 1.55. The molecule has 94 valence electrons. The summed E-state index contributed by atoms with van der Waals surface area (Å²) in [6.07, 6.45) is 1.12. The van der Waals surface area contributed by atoms with Crippen molar-refractivity contribution in [2.24, 2.45) is 0 Å². The van der Waals surface area contributed by atoms with Gasteiger partial charge in [0, 0.05) is 13.1 Å². The molecule has 2 rings (SSSR count). The largest absolute Gasteiger partial charge is 0.352 e. The maximum absolute atomic E-state index is 12.2. The van der Waals surface area contributed by atoms with Crippen molar-refractivity contribution >= 4 is 17.6 Å². The Morgan fingerprint density at radius 3 is 2.82 bits per heavy atom. The predicted molar refractivity (Wildman–Crippen MR) is 60.2 cm³/mol. The summed E-state index contributed by atoms with van der Waals surface area (Å²) in [5.41, 5.74) is -1.26. The second-order valence-electron chi connectivity index (χ2n) is 4.56. The highest BCUT2D eigenvalue weighted by Crippen LogP contribution is 2.32. The maximum Gasteiger partial charge on any atom is 0.253 e. The Kier molecular flexibility index (Phi) is 2.91. The Morgan fingerprint density at radius 2 is 2.24 bits per heavy atom. The lowest BCUT2D eigenvalue weighted by Crippen LogP contribution is -2.60. The molecule has 17 heavy (non-hydrogen) atoms. The van der Waals surface area contributed by atoms with Crippen molar-refractivity contribution in [3.05, 3.63) is 0 Å². The van der Waals surface area contributed by atoms with Crippen LogP contribution in [0.3, 0.4) is 0 Å². The Morgan fingerprint density at radius 1 is 1.53 bits per heavy atom. The Hall–Kier alpha value is -1.43. The van der Waals surface area contributed by atoms with Crippen LogP contribution in [0.25, 0.3) is 0 Å². The molecule has 6 heteroatoms. The predicted octanol–water partition coefficient (Wildman–Crippen LogP) is -1.35. The summed E-state index contributed by atoms with van der Waals surface area (Å²) in [7, 11) is 1.67. The summed E-state index contributed by atoms with van der Waals surface area (Å²) < 4.78 is 0. The number of nitrogens with zero attached hydrogens (tertiary/aromatic N) is 1. The molecule has 0 saturated carbocycles. The second kappa shape index (κ2) is 4.10. The fourth-order valence-corrected chi connectivity index (χ4v) is 2.72. The molecule has 0 aromatic carbocycles. The number of hydrogen-bond acceptors (Lipinski definition) is 4. The monoisotopic (exact) mass is 239 g/mol. The first-order valence-corrected chi connectivity index (χ1v) is 5.82. The molecule has 2 fully saturated rings. The SMILES string of the molecule is CNC1CNC(=O)C2(C(C)=O)CCCN2C1=O. The molecule has 2 aliphatic heterocycles. The quantitative estimate of drug-likeness (QED) is 0.584. The molecule has 2 atom stereocenters. The van der Waals surface area contributed by atoms with Gasteiger partial charge in [-0.1, -0.05) is 0 Å². The summed E-state index contributed by atoms with van der Waals surface area (Å²) in [6.45, 7) is 2.09. The first-order chi connectivity index (χ1) is 8.04. The van der Waals surface area contributed by atoms with Gasteiger partial charge in [-0.2, -0.15) is 0 Å². The van der Waals surface area contributed by atoms with E-state index in [0.717, 1.165) is 0 Å². The Labute approximate surface area is 99.7 Å². The third-order valence-corrected chi connectivity index (χ3v) is 3.72. The lowest BCUT2D eigenvalue weighted by atomic mass is 9.90. The minimum absolute atomic E-state index is 0.168. The van der Waals surface area contributed by atoms with E-state index in [0.29, 0.717) is 19.4 Å². The molecule has 2 saturated heterocycles. The molecule has 0 aliphatic carbocycles. The first kappa shape index (κ1) is 12.0. The van der Waals surface area contributed by atoms with Gasteiger partial charge >= 0.3 is 0 Å². The zero-order valence-electron chi connectivity index (χ0n) is 10.1. The Bertz CT molecular complexity index is 382. The number of ketones is 1. The smallest absolute Gasteiger partial charge is 0.253 e. The first-order valence-electron chi connectivity index (χ1n) is 5.82. The van der Waals surface area contributed by atoms with Crippen LogP contribution < -0.4 is 10.6 Å². The highest BCUT2D eigenvalue weighted by atomic mass is 16.2. The van der Waals surface area contributed by atoms with Crippen LogP contribution in [-0.2, 0) is 14.4 Å². The lowest BCUT2D eigenvalue weighted by Gasteiger charge is -2.33. The molecular formula is C11H17N3O3. The number of Topliss-reactive ketones (excluding diaryl/α,β-unsaturated/α-hetero) is 1. The van der Waals surface area contributed by atoms with Gasteiger partial charge in [-0.25, -0.2) is 0 Å². The summed E-state index contributed by atoms with van der Waals surface area (Å²) >= 11 is 0. The van der Waals surface area contributed by atoms with Gasteiger partial charge < -0.3 is 15.5 Å². The minimum Gasteiger partial charge on any atom is -0.352 e. The summed E-state index contributed by atoms with van der Waals surface area (Å²) in [5.74, 6) is -0.759. The number of carbonyl (C=O) groups is 3. The van der Waals surface area contributed by atoms with E-state index in [1.165, 1.54) is 11.8 Å². The van der Waals surface area contributed by atoms with E-state index in [1.54, 1.807) is 7.05 Å². The lowest BCUT2D eigenvalue weighted by molar-refractivity contribution is -0.150. The zero-order valence-corrected chi connectivity index (χ0v) is 10.1. The van der Waals surface area contributed by atoms with Crippen LogP contribution >= 0.6 is 0 Å².